The largest absolute Gasteiger partial charge is 0.303 e. The summed E-state index contributed by atoms with van der Waals surface area (Å²) in [7, 11) is 0. The van der Waals surface area contributed by atoms with Crippen LogP contribution in [0.2, 0.25) is 0 Å². The molecule has 0 bridgehead atoms. The van der Waals surface area contributed by atoms with Gasteiger partial charge in [-0.25, -0.2) is 4.39 Å². The highest BCUT2D eigenvalue weighted by Crippen LogP contribution is 2.15. The van der Waals surface area contributed by atoms with Gasteiger partial charge in [-0.1, -0.05) is 26.0 Å². The first kappa shape index (κ1) is 11.9. The lowest BCUT2D eigenvalue weighted by Gasteiger charge is -2.12. The molecule has 0 heterocycles. The van der Waals surface area contributed by atoms with Gasteiger partial charge >= 0.3 is 0 Å². The van der Waals surface area contributed by atoms with E-state index in [0.29, 0.717) is 12.3 Å². The van der Waals surface area contributed by atoms with Gasteiger partial charge in [0.2, 0.25) is 0 Å². The third-order valence-corrected chi connectivity index (χ3v) is 2.38. The summed E-state index contributed by atoms with van der Waals surface area (Å²) in [6.45, 7) is 4.20. The maximum absolute atomic E-state index is 12.6. The number of halogens is 1. The summed E-state index contributed by atoms with van der Waals surface area (Å²) in [4.78, 5) is 10.8. The first-order chi connectivity index (χ1) is 7.11. The molecular formula is C13H17FO. The lowest BCUT2D eigenvalue weighted by atomic mass is 9.92. The van der Waals surface area contributed by atoms with Crippen LogP contribution in [0.25, 0.3) is 0 Å². The average molecular weight is 208 g/mol. The minimum atomic E-state index is -0.231. The first-order valence-corrected chi connectivity index (χ1v) is 5.31. The first-order valence-electron chi connectivity index (χ1n) is 5.31. The predicted octanol–water partition coefficient (Wildman–Crippen LogP) is 3.23. The van der Waals surface area contributed by atoms with Crippen molar-refractivity contribution < 1.29 is 9.18 Å². The van der Waals surface area contributed by atoms with Crippen molar-refractivity contribution in [2.75, 3.05) is 0 Å². The third-order valence-electron chi connectivity index (χ3n) is 2.38. The number of hydrogen-bond donors (Lipinski definition) is 0. The van der Waals surface area contributed by atoms with Gasteiger partial charge in [-0.3, -0.25) is 0 Å². The number of rotatable bonds is 5. The molecule has 0 aliphatic heterocycles. The fourth-order valence-electron chi connectivity index (χ4n) is 1.72. The Morgan fingerprint density at radius 1 is 1.27 bits per heavy atom. The summed E-state index contributed by atoms with van der Waals surface area (Å²) in [5.41, 5.74) is 1.02. The van der Waals surface area contributed by atoms with Crippen molar-refractivity contribution in [2.45, 2.75) is 26.7 Å². The molecule has 0 fully saturated rings. The Balaban J connectivity index is 2.58. The Labute approximate surface area is 90.3 Å². The van der Waals surface area contributed by atoms with Gasteiger partial charge in [0.15, 0.2) is 0 Å². The van der Waals surface area contributed by atoms with E-state index in [2.05, 4.69) is 13.8 Å². The van der Waals surface area contributed by atoms with Crippen molar-refractivity contribution >= 4 is 6.29 Å². The quantitative estimate of drug-likeness (QED) is 0.679. The van der Waals surface area contributed by atoms with E-state index < -0.39 is 0 Å². The molecule has 1 aromatic carbocycles. The maximum atomic E-state index is 12.6. The van der Waals surface area contributed by atoms with Gasteiger partial charge in [0.25, 0.3) is 0 Å². The zero-order chi connectivity index (χ0) is 11.3. The summed E-state index contributed by atoms with van der Waals surface area (Å²) >= 11 is 0. The molecule has 0 aromatic heterocycles. The third kappa shape index (κ3) is 4.24. The molecule has 0 amide bonds. The summed E-state index contributed by atoms with van der Waals surface area (Å²) in [6, 6.07) is 6.36. The standard InChI is InChI=1S/C13H17FO/c1-10(2)7-12(9-15)8-11-3-5-13(14)6-4-11/h3-6,9-10,12H,7-8H2,1-2H3. The molecule has 2 heteroatoms. The number of carbonyl (C=O) groups is 1. The SMILES string of the molecule is CC(C)CC(C=O)Cc1ccc(F)cc1. The summed E-state index contributed by atoms with van der Waals surface area (Å²) < 4.78 is 12.6. The van der Waals surface area contributed by atoms with Crippen LogP contribution in [-0.4, -0.2) is 6.29 Å². The summed E-state index contributed by atoms with van der Waals surface area (Å²) in [5.74, 6) is 0.335. The monoisotopic (exact) mass is 208 g/mol. The van der Waals surface area contributed by atoms with Crippen LogP contribution in [0, 0.1) is 17.7 Å². The van der Waals surface area contributed by atoms with Crippen LogP contribution < -0.4 is 0 Å². The lowest BCUT2D eigenvalue weighted by Crippen LogP contribution is -2.09. The van der Waals surface area contributed by atoms with Crippen LogP contribution in [0.5, 0.6) is 0 Å². The molecule has 15 heavy (non-hydrogen) atoms. The molecule has 1 atom stereocenters. The Bertz CT molecular complexity index is 303. The minimum absolute atomic E-state index is 0.0514. The maximum Gasteiger partial charge on any atom is 0.123 e. The zero-order valence-corrected chi connectivity index (χ0v) is 9.24. The molecule has 0 aliphatic carbocycles. The van der Waals surface area contributed by atoms with Crippen molar-refractivity contribution in [1.29, 1.82) is 0 Å². The van der Waals surface area contributed by atoms with Crippen molar-refractivity contribution in [1.82, 2.24) is 0 Å². The van der Waals surface area contributed by atoms with E-state index in [1.165, 1.54) is 12.1 Å². The Kier molecular flexibility index (Phi) is 4.47. The van der Waals surface area contributed by atoms with Gasteiger partial charge < -0.3 is 4.79 Å². The molecule has 0 N–H and O–H groups in total. The highest BCUT2D eigenvalue weighted by molar-refractivity contribution is 5.54. The van der Waals surface area contributed by atoms with Gasteiger partial charge in [0.1, 0.15) is 12.1 Å². The predicted molar refractivity (Wildman–Crippen MR) is 59.1 cm³/mol. The van der Waals surface area contributed by atoms with Gasteiger partial charge in [0.05, 0.1) is 0 Å². The van der Waals surface area contributed by atoms with Crippen LogP contribution >= 0.6 is 0 Å². The van der Waals surface area contributed by atoms with Crippen molar-refractivity contribution in [3.05, 3.63) is 35.6 Å². The molecule has 82 valence electrons. The number of hydrogen-bond acceptors (Lipinski definition) is 1. The van der Waals surface area contributed by atoms with E-state index in [-0.39, 0.29) is 11.7 Å². The second-order valence-electron chi connectivity index (χ2n) is 4.36. The van der Waals surface area contributed by atoms with Crippen LogP contribution in [0.1, 0.15) is 25.8 Å². The average Bonchev–Trinajstić information content (AvgIpc) is 2.19. The van der Waals surface area contributed by atoms with E-state index in [1.807, 2.05) is 0 Å². The van der Waals surface area contributed by atoms with Gasteiger partial charge in [-0.15, -0.1) is 0 Å². The zero-order valence-electron chi connectivity index (χ0n) is 9.24. The number of carbonyl (C=O) groups excluding carboxylic acids is 1. The molecule has 1 rings (SSSR count). The molecule has 1 aromatic rings. The number of aldehydes is 1. The van der Waals surface area contributed by atoms with Crippen molar-refractivity contribution in [3.8, 4) is 0 Å². The summed E-state index contributed by atoms with van der Waals surface area (Å²) in [5, 5.41) is 0. The van der Waals surface area contributed by atoms with E-state index in [1.54, 1.807) is 12.1 Å². The lowest BCUT2D eigenvalue weighted by molar-refractivity contribution is -0.111. The van der Waals surface area contributed by atoms with E-state index >= 15 is 0 Å². The normalized spacial score (nSPS) is 12.8. The van der Waals surface area contributed by atoms with Crippen molar-refractivity contribution in [3.63, 3.8) is 0 Å². The molecule has 1 nitrogen and oxygen atoms in total. The summed E-state index contributed by atoms with van der Waals surface area (Å²) in [6.07, 6.45) is 2.60. The van der Waals surface area contributed by atoms with E-state index in [4.69, 9.17) is 0 Å². The van der Waals surface area contributed by atoms with Crippen LogP contribution in [0.15, 0.2) is 24.3 Å². The van der Waals surface area contributed by atoms with Gasteiger partial charge in [-0.2, -0.15) is 0 Å². The topological polar surface area (TPSA) is 17.1 Å². The van der Waals surface area contributed by atoms with Crippen LogP contribution in [0.3, 0.4) is 0 Å². The van der Waals surface area contributed by atoms with Crippen LogP contribution in [-0.2, 0) is 11.2 Å². The molecule has 0 radical (unpaired) electrons. The molecule has 0 spiro atoms. The molecule has 1 unspecified atom stereocenters. The second kappa shape index (κ2) is 5.64. The smallest absolute Gasteiger partial charge is 0.123 e. The van der Waals surface area contributed by atoms with E-state index in [0.717, 1.165) is 18.3 Å². The fourth-order valence-corrected chi connectivity index (χ4v) is 1.72. The molecular weight excluding hydrogens is 191 g/mol. The highest BCUT2D eigenvalue weighted by atomic mass is 19.1. The van der Waals surface area contributed by atoms with E-state index in [9.17, 15) is 9.18 Å². The molecule has 0 saturated carbocycles. The van der Waals surface area contributed by atoms with Gasteiger partial charge in [0, 0.05) is 5.92 Å². The highest BCUT2D eigenvalue weighted by Gasteiger charge is 2.10. The van der Waals surface area contributed by atoms with Crippen molar-refractivity contribution in [2.24, 2.45) is 11.8 Å². The Hall–Kier alpha value is -1.18. The number of benzene rings is 1. The molecule has 0 saturated heterocycles. The Morgan fingerprint density at radius 2 is 1.87 bits per heavy atom. The Morgan fingerprint density at radius 3 is 2.33 bits per heavy atom. The molecule has 0 aliphatic rings. The fraction of sp³-hybridized carbons (Fsp3) is 0.462. The van der Waals surface area contributed by atoms with Gasteiger partial charge in [-0.05, 0) is 36.5 Å². The second-order valence-corrected chi connectivity index (χ2v) is 4.36. The van der Waals surface area contributed by atoms with Crippen LogP contribution in [0.4, 0.5) is 4.39 Å². The minimum Gasteiger partial charge on any atom is -0.303 e.